The molecule has 0 aliphatic heterocycles. The smallest absolute Gasteiger partial charge is 0.261 e. The van der Waals surface area contributed by atoms with Crippen LogP contribution in [0.3, 0.4) is 0 Å². The van der Waals surface area contributed by atoms with Crippen LogP contribution < -0.4 is 10.1 Å². The average molecular weight is 400 g/mol. The van der Waals surface area contributed by atoms with Gasteiger partial charge in [0.2, 0.25) is 5.91 Å². The minimum atomic E-state index is -0.609. The molecule has 0 aromatic heterocycles. The molecular weight excluding hydrogens is 371 g/mol. The van der Waals surface area contributed by atoms with Crippen LogP contribution in [0.15, 0.2) is 48.5 Å². The molecule has 0 saturated carbocycles. The highest BCUT2D eigenvalue weighted by atomic mass is 19.1. The van der Waals surface area contributed by atoms with Gasteiger partial charge in [-0.3, -0.25) is 9.59 Å². The predicted octanol–water partition coefficient (Wildman–Crippen LogP) is 3.84. The number of ether oxygens (including phenoxy) is 1. The van der Waals surface area contributed by atoms with Gasteiger partial charge in [0.25, 0.3) is 5.91 Å². The summed E-state index contributed by atoms with van der Waals surface area (Å²) in [7, 11) is 0. The fourth-order valence-corrected chi connectivity index (χ4v) is 3.07. The van der Waals surface area contributed by atoms with Gasteiger partial charge in [0.1, 0.15) is 17.6 Å². The molecule has 0 bridgehead atoms. The largest absolute Gasteiger partial charge is 0.484 e. The summed E-state index contributed by atoms with van der Waals surface area (Å²) in [5, 5.41) is 2.89. The molecule has 0 radical (unpaired) electrons. The van der Waals surface area contributed by atoms with Crippen molar-refractivity contribution in [2.75, 3.05) is 6.61 Å². The number of nitrogens with one attached hydrogen (secondary N) is 1. The molecule has 1 atom stereocenters. The normalized spacial score (nSPS) is 11.8. The van der Waals surface area contributed by atoms with E-state index in [1.165, 1.54) is 24.3 Å². The number of hydrogen-bond donors (Lipinski definition) is 1. The van der Waals surface area contributed by atoms with Crippen LogP contribution in [0, 0.1) is 12.7 Å². The molecule has 29 heavy (non-hydrogen) atoms. The van der Waals surface area contributed by atoms with Crippen molar-refractivity contribution in [1.29, 1.82) is 0 Å². The first-order valence-corrected chi connectivity index (χ1v) is 9.84. The van der Waals surface area contributed by atoms with E-state index in [2.05, 4.69) is 5.32 Å². The lowest BCUT2D eigenvalue weighted by Crippen LogP contribution is -2.51. The lowest BCUT2D eigenvalue weighted by atomic mass is 10.1. The van der Waals surface area contributed by atoms with Gasteiger partial charge in [-0.1, -0.05) is 36.8 Å². The van der Waals surface area contributed by atoms with Gasteiger partial charge in [-0.25, -0.2) is 4.39 Å². The van der Waals surface area contributed by atoms with E-state index in [-0.39, 0.29) is 30.3 Å². The highest BCUT2D eigenvalue weighted by Gasteiger charge is 2.29. The number of aryl methyl sites for hydroxylation is 1. The highest BCUT2D eigenvalue weighted by molar-refractivity contribution is 5.88. The van der Waals surface area contributed by atoms with E-state index in [9.17, 15) is 14.0 Å². The maximum atomic E-state index is 13.1. The molecule has 2 aromatic rings. The Hall–Kier alpha value is -2.89. The zero-order valence-corrected chi connectivity index (χ0v) is 17.4. The number of carbonyl (C=O) groups excluding carboxylic acids is 2. The van der Waals surface area contributed by atoms with Crippen molar-refractivity contribution in [3.05, 3.63) is 65.5 Å². The number of halogens is 1. The Balaban J connectivity index is 2.20. The third-order valence-electron chi connectivity index (χ3n) is 4.43. The van der Waals surface area contributed by atoms with E-state index in [1.54, 1.807) is 4.90 Å². The minimum Gasteiger partial charge on any atom is -0.484 e. The topological polar surface area (TPSA) is 58.6 Å². The Morgan fingerprint density at radius 2 is 1.83 bits per heavy atom. The van der Waals surface area contributed by atoms with E-state index in [4.69, 9.17) is 4.74 Å². The zero-order valence-electron chi connectivity index (χ0n) is 17.4. The summed E-state index contributed by atoms with van der Waals surface area (Å²) < 4.78 is 18.6. The Bertz CT molecular complexity index is 821. The molecule has 2 aromatic carbocycles. The van der Waals surface area contributed by atoms with Gasteiger partial charge in [-0.2, -0.15) is 0 Å². The predicted molar refractivity (Wildman–Crippen MR) is 111 cm³/mol. The van der Waals surface area contributed by atoms with Gasteiger partial charge in [0.05, 0.1) is 0 Å². The SMILES string of the molecule is CCC(C(=O)NC(C)C)N(Cc1cccc(C)c1)C(=O)COc1ccc(F)cc1. The lowest BCUT2D eigenvalue weighted by molar-refractivity contribution is -0.143. The van der Waals surface area contributed by atoms with Crippen LogP contribution in [0.4, 0.5) is 4.39 Å². The Kier molecular flexibility index (Phi) is 8.19. The van der Waals surface area contributed by atoms with Crippen LogP contribution in [-0.2, 0) is 16.1 Å². The Labute approximate surface area is 171 Å². The fraction of sp³-hybridized carbons (Fsp3) is 0.391. The molecule has 0 heterocycles. The molecule has 0 aliphatic carbocycles. The van der Waals surface area contributed by atoms with Gasteiger partial charge in [0, 0.05) is 12.6 Å². The second-order valence-electron chi connectivity index (χ2n) is 7.34. The van der Waals surface area contributed by atoms with E-state index in [0.717, 1.165) is 11.1 Å². The third kappa shape index (κ3) is 6.89. The third-order valence-corrected chi connectivity index (χ3v) is 4.43. The van der Waals surface area contributed by atoms with Crippen molar-refractivity contribution in [2.24, 2.45) is 0 Å². The summed E-state index contributed by atoms with van der Waals surface area (Å²) >= 11 is 0. The van der Waals surface area contributed by atoms with Crippen molar-refractivity contribution < 1.29 is 18.7 Å². The maximum absolute atomic E-state index is 13.1. The molecule has 5 nitrogen and oxygen atoms in total. The second kappa shape index (κ2) is 10.6. The van der Waals surface area contributed by atoms with E-state index in [0.29, 0.717) is 18.7 Å². The van der Waals surface area contributed by atoms with Crippen LogP contribution in [0.2, 0.25) is 0 Å². The summed E-state index contributed by atoms with van der Waals surface area (Å²) in [4.78, 5) is 27.3. The lowest BCUT2D eigenvalue weighted by Gasteiger charge is -2.31. The Morgan fingerprint density at radius 1 is 1.14 bits per heavy atom. The molecule has 0 aliphatic rings. The first kappa shape index (κ1) is 22.4. The zero-order chi connectivity index (χ0) is 21.4. The molecule has 0 saturated heterocycles. The number of carbonyl (C=O) groups is 2. The van der Waals surface area contributed by atoms with Crippen molar-refractivity contribution in [3.8, 4) is 5.75 Å². The molecule has 2 amide bonds. The van der Waals surface area contributed by atoms with Gasteiger partial charge < -0.3 is 15.0 Å². The number of amides is 2. The molecule has 1 unspecified atom stereocenters. The van der Waals surface area contributed by atoms with E-state index >= 15 is 0 Å². The summed E-state index contributed by atoms with van der Waals surface area (Å²) in [6.07, 6.45) is 0.479. The van der Waals surface area contributed by atoms with E-state index in [1.807, 2.05) is 52.0 Å². The number of benzene rings is 2. The van der Waals surface area contributed by atoms with Gasteiger partial charge >= 0.3 is 0 Å². The monoisotopic (exact) mass is 400 g/mol. The number of hydrogen-bond acceptors (Lipinski definition) is 3. The molecular formula is C23H29FN2O3. The Morgan fingerprint density at radius 3 is 2.41 bits per heavy atom. The molecule has 1 N–H and O–H groups in total. The summed E-state index contributed by atoms with van der Waals surface area (Å²) in [5.74, 6) is -0.469. The van der Waals surface area contributed by atoms with Crippen molar-refractivity contribution in [2.45, 2.75) is 52.7 Å². The van der Waals surface area contributed by atoms with Gasteiger partial charge in [-0.05, 0) is 57.0 Å². The quantitative estimate of drug-likeness (QED) is 0.696. The average Bonchev–Trinajstić information content (AvgIpc) is 2.66. The molecule has 0 spiro atoms. The van der Waals surface area contributed by atoms with Crippen LogP contribution in [0.1, 0.15) is 38.3 Å². The van der Waals surface area contributed by atoms with Crippen molar-refractivity contribution in [1.82, 2.24) is 10.2 Å². The van der Waals surface area contributed by atoms with Crippen molar-refractivity contribution in [3.63, 3.8) is 0 Å². The second-order valence-corrected chi connectivity index (χ2v) is 7.34. The van der Waals surface area contributed by atoms with Crippen LogP contribution in [0.5, 0.6) is 5.75 Å². The van der Waals surface area contributed by atoms with Gasteiger partial charge in [0.15, 0.2) is 6.61 Å². The van der Waals surface area contributed by atoms with E-state index < -0.39 is 6.04 Å². The number of nitrogens with zero attached hydrogens (tertiary/aromatic N) is 1. The summed E-state index contributed by atoms with van der Waals surface area (Å²) in [5.41, 5.74) is 2.02. The molecule has 156 valence electrons. The van der Waals surface area contributed by atoms with Crippen molar-refractivity contribution >= 4 is 11.8 Å². The first-order valence-electron chi connectivity index (χ1n) is 9.84. The summed E-state index contributed by atoms with van der Waals surface area (Å²) in [6, 6.07) is 12.7. The molecule has 6 heteroatoms. The fourth-order valence-electron chi connectivity index (χ4n) is 3.07. The van der Waals surface area contributed by atoms with Crippen LogP contribution in [0.25, 0.3) is 0 Å². The molecule has 0 fully saturated rings. The first-order chi connectivity index (χ1) is 13.8. The highest BCUT2D eigenvalue weighted by Crippen LogP contribution is 2.16. The minimum absolute atomic E-state index is 0.0251. The maximum Gasteiger partial charge on any atom is 0.261 e. The van der Waals surface area contributed by atoms with Crippen LogP contribution >= 0.6 is 0 Å². The molecule has 2 rings (SSSR count). The van der Waals surface area contributed by atoms with Gasteiger partial charge in [-0.15, -0.1) is 0 Å². The number of rotatable bonds is 9. The summed E-state index contributed by atoms with van der Waals surface area (Å²) in [6.45, 7) is 7.70. The standard InChI is InChI=1S/C23H29FN2O3/c1-5-21(23(28)25-16(2)3)26(14-18-8-6-7-17(4)13-18)22(27)15-29-20-11-9-19(24)10-12-20/h6-13,16,21H,5,14-15H2,1-4H3,(H,25,28). The van der Waals surface area contributed by atoms with Crippen LogP contribution in [-0.4, -0.2) is 35.4 Å².